The van der Waals surface area contributed by atoms with Crippen LogP contribution in [0.25, 0.3) is 11.1 Å². The highest BCUT2D eigenvalue weighted by atomic mass is 32.1. The Morgan fingerprint density at radius 3 is 2.22 bits per heavy atom. The first-order valence-electron chi connectivity index (χ1n) is 10.3. The largest absolute Gasteiger partial charge is 0.481 e. The first-order chi connectivity index (χ1) is 15.4. The lowest BCUT2D eigenvalue weighted by Crippen LogP contribution is -2.39. The van der Waals surface area contributed by atoms with Crippen molar-refractivity contribution < 1.29 is 19.5 Å². The SMILES string of the molecule is CNC(=S)NCCCC(=O)NCC(=O)NC(CC(=O)O)c1ccc(-c2ccccc2)cc1. The zero-order valence-electron chi connectivity index (χ0n) is 17.9. The minimum atomic E-state index is -1.03. The van der Waals surface area contributed by atoms with E-state index in [1.165, 1.54) is 0 Å². The number of amides is 2. The number of hydrogen-bond donors (Lipinski definition) is 5. The Labute approximate surface area is 192 Å². The van der Waals surface area contributed by atoms with Gasteiger partial charge in [-0.3, -0.25) is 14.4 Å². The van der Waals surface area contributed by atoms with Gasteiger partial charge in [0, 0.05) is 20.0 Å². The number of carbonyl (C=O) groups is 3. The molecule has 2 aromatic carbocycles. The van der Waals surface area contributed by atoms with E-state index < -0.39 is 17.9 Å². The van der Waals surface area contributed by atoms with Gasteiger partial charge in [-0.05, 0) is 35.3 Å². The smallest absolute Gasteiger partial charge is 0.305 e. The van der Waals surface area contributed by atoms with E-state index in [1.807, 2.05) is 42.5 Å². The van der Waals surface area contributed by atoms with Crippen LogP contribution < -0.4 is 21.3 Å². The number of carboxylic acids is 1. The standard InChI is InChI=1S/C23H28N4O4S/c1-24-23(32)25-13-5-8-20(28)26-15-21(29)27-19(14-22(30)31)18-11-9-17(10-12-18)16-6-3-2-4-7-16/h2-4,6-7,9-12,19H,5,8,13-15H2,1H3,(H,26,28)(H,27,29)(H,30,31)(H2,24,25,32). The van der Waals surface area contributed by atoms with Crippen LogP contribution in [0.2, 0.25) is 0 Å². The van der Waals surface area contributed by atoms with Crippen LogP contribution in [0.4, 0.5) is 0 Å². The molecule has 0 aliphatic rings. The molecular weight excluding hydrogens is 428 g/mol. The van der Waals surface area contributed by atoms with Crippen LogP contribution in [0.1, 0.15) is 30.9 Å². The Balaban J connectivity index is 1.87. The van der Waals surface area contributed by atoms with Crippen molar-refractivity contribution in [1.82, 2.24) is 21.3 Å². The molecule has 0 aromatic heterocycles. The van der Waals surface area contributed by atoms with Crippen molar-refractivity contribution in [2.24, 2.45) is 0 Å². The van der Waals surface area contributed by atoms with E-state index in [-0.39, 0.29) is 25.3 Å². The van der Waals surface area contributed by atoms with Crippen molar-refractivity contribution in [3.63, 3.8) is 0 Å². The Bertz CT molecular complexity index is 919. The van der Waals surface area contributed by atoms with Crippen molar-refractivity contribution in [2.75, 3.05) is 20.1 Å². The van der Waals surface area contributed by atoms with E-state index in [2.05, 4.69) is 21.3 Å². The number of aliphatic carboxylic acids is 1. The lowest BCUT2D eigenvalue weighted by molar-refractivity contribution is -0.138. The average Bonchev–Trinajstić information content (AvgIpc) is 2.80. The fourth-order valence-corrected chi connectivity index (χ4v) is 3.12. The van der Waals surface area contributed by atoms with Gasteiger partial charge in [0.05, 0.1) is 19.0 Å². The zero-order valence-corrected chi connectivity index (χ0v) is 18.7. The van der Waals surface area contributed by atoms with Gasteiger partial charge < -0.3 is 26.4 Å². The number of hydrogen-bond acceptors (Lipinski definition) is 4. The van der Waals surface area contributed by atoms with Gasteiger partial charge in [-0.25, -0.2) is 0 Å². The summed E-state index contributed by atoms with van der Waals surface area (Å²) in [5, 5.41) is 20.7. The highest BCUT2D eigenvalue weighted by molar-refractivity contribution is 7.80. The first kappa shape index (κ1) is 24.8. The van der Waals surface area contributed by atoms with Crippen molar-refractivity contribution >= 4 is 35.1 Å². The van der Waals surface area contributed by atoms with Gasteiger partial charge in [0.2, 0.25) is 11.8 Å². The zero-order chi connectivity index (χ0) is 23.3. The maximum Gasteiger partial charge on any atom is 0.305 e. The summed E-state index contributed by atoms with van der Waals surface area (Å²) in [5.41, 5.74) is 2.72. The Hall–Kier alpha value is -3.46. The van der Waals surface area contributed by atoms with Crippen molar-refractivity contribution in [3.05, 3.63) is 60.2 Å². The monoisotopic (exact) mass is 456 g/mol. The molecule has 0 spiro atoms. The van der Waals surface area contributed by atoms with Gasteiger partial charge in [0.1, 0.15) is 0 Å². The van der Waals surface area contributed by atoms with E-state index in [0.717, 1.165) is 11.1 Å². The molecule has 1 unspecified atom stereocenters. The van der Waals surface area contributed by atoms with Crippen LogP contribution >= 0.6 is 12.2 Å². The van der Waals surface area contributed by atoms with Gasteiger partial charge >= 0.3 is 5.97 Å². The highest BCUT2D eigenvalue weighted by Crippen LogP contribution is 2.23. The molecule has 0 saturated heterocycles. The molecule has 170 valence electrons. The summed E-state index contributed by atoms with van der Waals surface area (Å²) < 4.78 is 0. The summed E-state index contributed by atoms with van der Waals surface area (Å²) in [7, 11) is 1.70. The maximum absolute atomic E-state index is 12.3. The molecule has 0 bridgehead atoms. The summed E-state index contributed by atoms with van der Waals surface area (Å²) in [5.74, 6) is -1.75. The van der Waals surface area contributed by atoms with E-state index in [1.54, 1.807) is 19.2 Å². The number of thiocarbonyl (C=S) groups is 1. The lowest BCUT2D eigenvalue weighted by atomic mass is 9.99. The van der Waals surface area contributed by atoms with Crippen molar-refractivity contribution in [1.29, 1.82) is 0 Å². The summed E-state index contributed by atoms with van der Waals surface area (Å²) in [4.78, 5) is 35.5. The van der Waals surface area contributed by atoms with Crippen molar-refractivity contribution in [3.8, 4) is 11.1 Å². The highest BCUT2D eigenvalue weighted by Gasteiger charge is 2.18. The summed E-state index contributed by atoms with van der Waals surface area (Å²) in [6.07, 6.45) is 0.540. The fraction of sp³-hybridized carbons (Fsp3) is 0.304. The summed E-state index contributed by atoms with van der Waals surface area (Å²) in [6.45, 7) is 0.318. The van der Waals surface area contributed by atoms with E-state index in [0.29, 0.717) is 23.6 Å². The minimum absolute atomic E-state index is 0.223. The molecule has 0 saturated carbocycles. The predicted octanol–water partition coefficient (Wildman–Crippen LogP) is 1.98. The second kappa shape index (κ2) is 13.1. The van der Waals surface area contributed by atoms with Crippen LogP contribution in [0.5, 0.6) is 0 Å². The maximum atomic E-state index is 12.3. The molecule has 2 aromatic rings. The summed E-state index contributed by atoms with van der Waals surface area (Å²) >= 11 is 4.94. The van der Waals surface area contributed by atoms with Crippen LogP contribution in [0, 0.1) is 0 Å². The van der Waals surface area contributed by atoms with E-state index >= 15 is 0 Å². The second-order valence-electron chi connectivity index (χ2n) is 7.09. The van der Waals surface area contributed by atoms with E-state index in [9.17, 15) is 19.5 Å². The Morgan fingerprint density at radius 1 is 0.938 bits per heavy atom. The van der Waals surface area contributed by atoms with Crippen LogP contribution in [-0.4, -0.2) is 48.1 Å². The molecular formula is C23H28N4O4S. The number of benzene rings is 2. The number of carboxylic acid groups (broad SMARTS) is 1. The molecule has 0 heterocycles. The molecule has 32 heavy (non-hydrogen) atoms. The normalized spacial score (nSPS) is 11.2. The lowest BCUT2D eigenvalue weighted by Gasteiger charge is -2.18. The molecule has 8 nitrogen and oxygen atoms in total. The molecule has 0 aliphatic carbocycles. The molecule has 2 rings (SSSR count). The van der Waals surface area contributed by atoms with Crippen molar-refractivity contribution in [2.45, 2.75) is 25.3 Å². The third-order valence-corrected chi connectivity index (χ3v) is 5.02. The van der Waals surface area contributed by atoms with Gasteiger partial charge in [0.15, 0.2) is 5.11 Å². The number of nitrogens with one attached hydrogen (secondary N) is 4. The summed E-state index contributed by atoms with van der Waals surface area (Å²) in [6, 6.07) is 16.5. The third-order valence-electron chi connectivity index (χ3n) is 4.67. The minimum Gasteiger partial charge on any atom is -0.481 e. The molecule has 1 atom stereocenters. The fourth-order valence-electron chi connectivity index (χ4n) is 3.02. The topological polar surface area (TPSA) is 120 Å². The Morgan fingerprint density at radius 2 is 1.59 bits per heavy atom. The van der Waals surface area contributed by atoms with Crippen LogP contribution in [-0.2, 0) is 14.4 Å². The molecule has 0 fully saturated rings. The number of rotatable bonds is 11. The second-order valence-corrected chi connectivity index (χ2v) is 7.50. The average molecular weight is 457 g/mol. The van der Waals surface area contributed by atoms with Gasteiger partial charge in [0.25, 0.3) is 0 Å². The first-order valence-corrected chi connectivity index (χ1v) is 10.7. The molecule has 9 heteroatoms. The third kappa shape index (κ3) is 8.73. The quantitative estimate of drug-likeness (QED) is 0.259. The van der Waals surface area contributed by atoms with E-state index in [4.69, 9.17) is 12.2 Å². The van der Waals surface area contributed by atoms with Gasteiger partial charge in [-0.1, -0.05) is 54.6 Å². The van der Waals surface area contributed by atoms with Crippen LogP contribution in [0.15, 0.2) is 54.6 Å². The van der Waals surface area contributed by atoms with Gasteiger partial charge in [-0.15, -0.1) is 0 Å². The predicted molar refractivity (Wildman–Crippen MR) is 127 cm³/mol. The van der Waals surface area contributed by atoms with Crippen LogP contribution in [0.3, 0.4) is 0 Å². The number of carbonyl (C=O) groups excluding carboxylic acids is 2. The molecule has 2 amide bonds. The molecule has 0 aliphatic heterocycles. The molecule has 0 radical (unpaired) electrons. The molecule has 5 N–H and O–H groups in total. The Kier molecular flexibility index (Phi) is 10.1. The van der Waals surface area contributed by atoms with Gasteiger partial charge in [-0.2, -0.15) is 0 Å².